The summed E-state index contributed by atoms with van der Waals surface area (Å²) in [5.41, 5.74) is 2.06. The average molecular weight is 273 g/mol. The summed E-state index contributed by atoms with van der Waals surface area (Å²) in [5.74, 6) is 0.414. The molecule has 1 aromatic carbocycles. The van der Waals surface area contributed by atoms with Crippen LogP contribution in [0.4, 0.5) is 0 Å². The van der Waals surface area contributed by atoms with E-state index in [4.69, 9.17) is 4.74 Å². The van der Waals surface area contributed by atoms with E-state index in [9.17, 15) is 4.79 Å². The highest BCUT2D eigenvalue weighted by atomic mass is 16.5. The van der Waals surface area contributed by atoms with E-state index < -0.39 is 5.41 Å². The van der Waals surface area contributed by atoms with Gasteiger partial charge in [-0.15, -0.1) is 0 Å². The fourth-order valence-electron chi connectivity index (χ4n) is 2.06. The van der Waals surface area contributed by atoms with Gasteiger partial charge in [0.1, 0.15) is 5.75 Å². The van der Waals surface area contributed by atoms with Crippen molar-refractivity contribution in [3.63, 3.8) is 0 Å². The predicted octanol–water partition coefficient (Wildman–Crippen LogP) is 3.40. The lowest BCUT2D eigenvalue weighted by Gasteiger charge is -2.17. The van der Waals surface area contributed by atoms with Gasteiger partial charge in [-0.3, -0.25) is 4.79 Å². The Morgan fingerprint density at radius 3 is 2.60 bits per heavy atom. The Morgan fingerprint density at radius 2 is 1.95 bits per heavy atom. The van der Waals surface area contributed by atoms with Gasteiger partial charge in [-0.2, -0.15) is 0 Å². The van der Waals surface area contributed by atoms with Crippen LogP contribution >= 0.6 is 0 Å². The van der Waals surface area contributed by atoms with Crippen molar-refractivity contribution in [2.45, 2.75) is 33.6 Å². The van der Waals surface area contributed by atoms with Gasteiger partial charge in [0, 0.05) is 0 Å². The maximum atomic E-state index is 11.9. The summed E-state index contributed by atoms with van der Waals surface area (Å²) >= 11 is 0. The van der Waals surface area contributed by atoms with Crippen LogP contribution < -0.4 is 10.1 Å². The standard InChI is InChI=1S/C17H23NO2/c1-17(2,3)16(19)20-15-6-4-5-14(12-15)11-13-7-9-18-10-8-13/h4-6,11-12,18H,7-10H2,1-3H3. The van der Waals surface area contributed by atoms with E-state index in [0.717, 1.165) is 31.5 Å². The van der Waals surface area contributed by atoms with Crippen LogP contribution in [0.2, 0.25) is 0 Å². The van der Waals surface area contributed by atoms with Gasteiger partial charge in [-0.25, -0.2) is 0 Å². The first-order chi connectivity index (χ1) is 9.45. The number of carbonyl (C=O) groups excluding carboxylic acids is 1. The number of benzene rings is 1. The van der Waals surface area contributed by atoms with E-state index >= 15 is 0 Å². The topological polar surface area (TPSA) is 38.3 Å². The molecule has 0 aromatic heterocycles. The number of esters is 1. The molecule has 1 heterocycles. The van der Waals surface area contributed by atoms with Crippen LogP contribution in [0.25, 0.3) is 6.08 Å². The monoisotopic (exact) mass is 273 g/mol. The average Bonchev–Trinajstić information content (AvgIpc) is 2.39. The Hall–Kier alpha value is -1.61. The van der Waals surface area contributed by atoms with E-state index in [2.05, 4.69) is 11.4 Å². The van der Waals surface area contributed by atoms with Crippen molar-refractivity contribution in [1.29, 1.82) is 0 Å². The molecule has 2 rings (SSSR count). The molecule has 0 atom stereocenters. The van der Waals surface area contributed by atoms with Crippen molar-refractivity contribution in [3.05, 3.63) is 35.4 Å². The second kappa shape index (κ2) is 6.23. The van der Waals surface area contributed by atoms with Crippen LogP contribution in [-0.4, -0.2) is 19.1 Å². The summed E-state index contributed by atoms with van der Waals surface area (Å²) in [7, 11) is 0. The van der Waals surface area contributed by atoms with E-state index in [1.54, 1.807) is 0 Å². The number of piperidine rings is 1. The zero-order valence-electron chi connectivity index (χ0n) is 12.5. The van der Waals surface area contributed by atoms with E-state index in [0.29, 0.717) is 5.75 Å². The van der Waals surface area contributed by atoms with Gasteiger partial charge in [0.2, 0.25) is 0 Å². The Morgan fingerprint density at radius 1 is 1.25 bits per heavy atom. The second-order valence-electron chi connectivity index (χ2n) is 6.26. The van der Waals surface area contributed by atoms with Crippen molar-refractivity contribution in [3.8, 4) is 5.75 Å². The second-order valence-corrected chi connectivity index (χ2v) is 6.26. The fraction of sp³-hybridized carbons (Fsp3) is 0.471. The molecular formula is C17H23NO2. The maximum Gasteiger partial charge on any atom is 0.316 e. The van der Waals surface area contributed by atoms with Gasteiger partial charge in [0.25, 0.3) is 0 Å². The Bertz CT molecular complexity index is 504. The van der Waals surface area contributed by atoms with Crippen molar-refractivity contribution >= 4 is 12.0 Å². The minimum absolute atomic E-state index is 0.204. The minimum atomic E-state index is -0.483. The normalized spacial score (nSPS) is 15.8. The van der Waals surface area contributed by atoms with Crippen LogP contribution in [0.15, 0.2) is 29.8 Å². The Labute approximate surface area is 121 Å². The lowest BCUT2D eigenvalue weighted by atomic mass is 9.97. The molecular weight excluding hydrogens is 250 g/mol. The third-order valence-electron chi connectivity index (χ3n) is 3.30. The molecule has 20 heavy (non-hydrogen) atoms. The SMILES string of the molecule is CC(C)(C)C(=O)Oc1cccc(C=C2CCNCC2)c1. The Kier molecular flexibility index (Phi) is 4.61. The van der Waals surface area contributed by atoms with Crippen LogP contribution in [0.5, 0.6) is 5.75 Å². The maximum absolute atomic E-state index is 11.9. The first kappa shape index (κ1) is 14.8. The summed E-state index contributed by atoms with van der Waals surface area (Å²) in [6.45, 7) is 7.66. The minimum Gasteiger partial charge on any atom is -0.426 e. The molecule has 0 unspecified atom stereocenters. The van der Waals surface area contributed by atoms with Crippen LogP contribution in [-0.2, 0) is 4.79 Å². The number of ether oxygens (including phenoxy) is 1. The summed E-state index contributed by atoms with van der Waals surface area (Å²) in [6.07, 6.45) is 4.38. The molecule has 0 saturated carbocycles. The van der Waals surface area contributed by atoms with E-state index in [-0.39, 0.29) is 5.97 Å². The van der Waals surface area contributed by atoms with Crippen LogP contribution in [0, 0.1) is 5.41 Å². The first-order valence-electron chi connectivity index (χ1n) is 7.18. The number of hydrogen-bond acceptors (Lipinski definition) is 3. The summed E-state index contributed by atoms with van der Waals surface area (Å²) in [4.78, 5) is 11.9. The zero-order valence-corrected chi connectivity index (χ0v) is 12.5. The van der Waals surface area contributed by atoms with Gasteiger partial charge >= 0.3 is 5.97 Å². The molecule has 1 saturated heterocycles. The molecule has 1 N–H and O–H groups in total. The quantitative estimate of drug-likeness (QED) is 0.663. The fourth-order valence-corrected chi connectivity index (χ4v) is 2.06. The number of hydrogen-bond donors (Lipinski definition) is 1. The summed E-state index contributed by atoms with van der Waals surface area (Å²) in [6, 6.07) is 7.73. The molecule has 1 aromatic rings. The molecule has 3 nitrogen and oxygen atoms in total. The highest BCUT2D eigenvalue weighted by molar-refractivity contribution is 5.78. The van der Waals surface area contributed by atoms with Crippen molar-refractivity contribution in [1.82, 2.24) is 5.32 Å². The zero-order chi connectivity index (χ0) is 14.6. The lowest BCUT2D eigenvalue weighted by molar-refractivity contribution is -0.142. The highest BCUT2D eigenvalue weighted by Gasteiger charge is 2.23. The van der Waals surface area contributed by atoms with E-state index in [1.165, 1.54) is 5.57 Å². The Balaban J connectivity index is 2.10. The number of carbonyl (C=O) groups is 1. The van der Waals surface area contributed by atoms with Gasteiger partial charge in [-0.1, -0.05) is 23.8 Å². The van der Waals surface area contributed by atoms with Crippen LogP contribution in [0.1, 0.15) is 39.2 Å². The summed E-state index contributed by atoms with van der Waals surface area (Å²) < 4.78 is 5.43. The summed E-state index contributed by atoms with van der Waals surface area (Å²) in [5, 5.41) is 3.34. The van der Waals surface area contributed by atoms with Gasteiger partial charge in [0.05, 0.1) is 5.41 Å². The molecule has 0 bridgehead atoms. The van der Waals surface area contributed by atoms with Gasteiger partial charge in [0.15, 0.2) is 0 Å². The predicted molar refractivity (Wildman–Crippen MR) is 81.6 cm³/mol. The number of nitrogens with one attached hydrogen (secondary N) is 1. The van der Waals surface area contributed by atoms with Crippen molar-refractivity contribution < 1.29 is 9.53 Å². The highest BCUT2D eigenvalue weighted by Crippen LogP contribution is 2.22. The molecule has 0 aliphatic carbocycles. The molecule has 0 spiro atoms. The van der Waals surface area contributed by atoms with Gasteiger partial charge in [-0.05, 0) is 64.4 Å². The molecule has 1 aliphatic rings. The molecule has 0 amide bonds. The number of rotatable bonds is 2. The smallest absolute Gasteiger partial charge is 0.316 e. The van der Waals surface area contributed by atoms with Crippen LogP contribution in [0.3, 0.4) is 0 Å². The third kappa shape index (κ3) is 4.20. The lowest BCUT2D eigenvalue weighted by Crippen LogP contribution is -2.25. The van der Waals surface area contributed by atoms with Crippen molar-refractivity contribution in [2.24, 2.45) is 5.41 Å². The molecule has 108 valence electrons. The van der Waals surface area contributed by atoms with Crippen molar-refractivity contribution in [2.75, 3.05) is 13.1 Å². The molecule has 0 radical (unpaired) electrons. The first-order valence-corrected chi connectivity index (χ1v) is 7.18. The largest absolute Gasteiger partial charge is 0.426 e. The molecule has 1 aliphatic heterocycles. The van der Waals surface area contributed by atoms with E-state index in [1.807, 2.05) is 45.0 Å². The third-order valence-corrected chi connectivity index (χ3v) is 3.30. The molecule has 3 heteroatoms. The van der Waals surface area contributed by atoms with Gasteiger partial charge < -0.3 is 10.1 Å². The molecule has 1 fully saturated rings.